The second-order valence-electron chi connectivity index (χ2n) is 4.19. The molecule has 0 bridgehead atoms. The molecule has 1 amide bonds. The average Bonchev–Trinajstić information content (AvgIpc) is 2.41. The monoisotopic (exact) mass is 355 g/mol. The highest BCUT2D eigenvalue weighted by molar-refractivity contribution is 7.89. The lowest BCUT2D eigenvalue weighted by Gasteiger charge is -2.16. The van der Waals surface area contributed by atoms with E-state index in [-0.39, 0.29) is 27.9 Å². The third kappa shape index (κ3) is 5.42. The van der Waals surface area contributed by atoms with Crippen molar-refractivity contribution < 1.29 is 18.4 Å². The summed E-state index contributed by atoms with van der Waals surface area (Å²) in [6.45, 7) is 0.278. The SMILES string of the molecule is NCCCC(NS(=O)(=O)c1cc(Cl)cc(Cl)c1)C(=O)NO. The molecule has 0 radical (unpaired) electrons. The maximum absolute atomic E-state index is 12.2. The fourth-order valence-corrected chi connectivity index (χ4v) is 3.54. The Kier molecular flexibility index (Phi) is 6.85. The third-order valence-electron chi connectivity index (χ3n) is 2.57. The number of benzene rings is 1. The van der Waals surface area contributed by atoms with Crippen molar-refractivity contribution in [3.05, 3.63) is 28.2 Å². The molecule has 0 spiro atoms. The van der Waals surface area contributed by atoms with Crippen molar-refractivity contribution in [2.24, 2.45) is 5.73 Å². The number of hydrogen-bond donors (Lipinski definition) is 4. The standard InChI is InChI=1S/C11H15Cl2N3O4S/c12-7-4-8(13)6-9(5-7)21(19,20)16-10(2-1-3-14)11(17)15-18/h4-6,10,16,18H,1-3,14H2,(H,15,17). The zero-order valence-corrected chi connectivity index (χ0v) is 13.2. The molecule has 1 aromatic rings. The van der Waals surface area contributed by atoms with E-state index in [4.69, 9.17) is 34.1 Å². The molecule has 10 heteroatoms. The van der Waals surface area contributed by atoms with E-state index < -0.39 is 22.0 Å². The van der Waals surface area contributed by atoms with Gasteiger partial charge in [-0.2, -0.15) is 4.72 Å². The van der Waals surface area contributed by atoms with Gasteiger partial charge in [0, 0.05) is 10.0 Å². The Hall–Kier alpha value is -0.900. The quantitative estimate of drug-likeness (QED) is 0.427. The van der Waals surface area contributed by atoms with Crippen LogP contribution in [0.4, 0.5) is 0 Å². The van der Waals surface area contributed by atoms with Gasteiger partial charge in [-0.3, -0.25) is 10.0 Å². The van der Waals surface area contributed by atoms with Crippen molar-refractivity contribution >= 4 is 39.1 Å². The first-order valence-corrected chi connectivity index (χ1v) is 8.16. The minimum atomic E-state index is -4.02. The van der Waals surface area contributed by atoms with Gasteiger partial charge in [0.25, 0.3) is 5.91 Å². The van der Waals surface area contributed by atoms with Gasteiger partial charge in [0.15, 0.2) is 0 Å². The smallest absolute Gasteiger partial charge is 0.261 e. The van der Waals surface area contributed by atoms with E-state index in [0.717, 1.165) is 0 Å². The molecular weight excluding hydrogens is 341 g/mol. The van der Waals surface area contributed by atoms with Gasteiger partial charge in [-0.05, 0) is 37.6 Å². The topological polar surface area (TPSA) is 122 Å². The predicted octanol–water partition coefficient (Wildman–Crippen LogP) is 0.885. The van der Waals surface area contributed by atoms with Crippen LogP contribution >= 0.6 is 23.2 Å². The molecular formula is C11H15Cl2N3O4S. The van der Waals surface area contributed by atoms with Crippen molar-refractivity contribution in [2.45, 2.75) is 23.8 Å². The summed E-state index contributed by atoms with van der Waals surface area (Å²) in [7, 11) is -4.02. The van der Waals surface area contributed by atoms with Gasteiger partial charge in [0.05, 0.1) is 4.90 Å². The summed E-state index contributed by atoms with van der Waals surface area (Å²) in [5.41, 5.74) is 6.74. The lowest BCUT2D eigenvalue weighted by atomic mass is 10.1. The number of hydrogen-bond acceptors (Lipinski definition) is 5. The lowest BCUT2D eigenvalue weighted by Crippen LogP contribution is -2.46. The second kappa shape index (κ2) is 7.92. The van der Waals surface area contributed by atoms with E-state index in [2.05, 4.69) is 4.72 Å². The molecule has 7 nitrogen and oxygen atoms in total. The van der Waals surface area contributed by atoms with Crippen molar-refractivity contribution in [3.63, 3.8) is 0 Å². The van der Waals surface area contributed by atoms with Gasteiger partial charge in [0.1, 0.15) is 6.04 Å². The number of carbonyl (C=O) groups is 1. The fraction of sp³-hybridized carbons (Fsp3) is 0.364. The number of nitrogens with one attached hydrogen (secondary N) is 2. The number of nitrogens with two attached hydrogens (primary N) is 1. The number of hydroxylamine groups is 1. The van der Waals surface area contributed by atoms with Crippen molar-refractivity contribution in [2.75, 3.05) is 6.54 Å². The Labute approximate surface area is 132 Å². The van der Waals surface area contributed by atoms with Crippen molar-refractivity contribution in [1.82, 2.24) is 10.2 Å². The second-order valence-corrected chi connectivity index (χ2v) is 6.77. The van der Waals surface area contributed by atoms with Gasteiger partial charge >= 0.3 is 0 Å². The molecule has 0 aromatic heterocycles. The number of amides is 1. The highest BCUT2D eigenvalue weighted by Gasteiger charge is 2.25. The molecule has 118 valence electrons. The van der Waals surface area contributed by atoms with Gasteiger partial charge in [-0.1, -0.05) is 23.2 Å². The zero-order chi connectivity index (χ0) is 16.0. The predicted molar refractivity (Wildman–Crippen MR) is 78.8 cm³/mol. The van der Waals surface area contributed by atoms with E-state index in [1.165, 1.54) is 23.7 Å². The number of carbonyl (C=O) groups excluding carboxylic acids is 1. The Bertz CT molecular complexity index is 589. The van der Waals surface area contributed by atoms with Crippen LogP contribution in [0.25, 0.3) is 0 Å². The molecule has 0 aliphatic heterocycles. The van der Waals surface area contributed by atoms with E-state index in [1.54, 1.807) is 0 Å². The lowest BCUT2D eigenvalue weighted by molar-refractivity contribution is -0.131. The summed E-state index contributed by atoms with van der Waals surface area (Å²) in [5.74, 6) is -0.875. The fourth-order valence-electron chi connectivity index (χ4n) is 1.58. The van der Waals surface area contributed by atoms with Crippen LogP contribution in [0.15, 0.2) is 23.1 Å². The Morgan fingerprint density at radius 2 is 1.86 bits per heavy atom. The molecule has 1 atom stereocenters. The summed E-state index contributed by atoms with van der Waals surface area (Å²) in [4.78, 5) is 11.3. The molecule has 0 aliphatic rings. The summed E-state index contributed by atoms with van der Waals surface area (Å²) < 4.78 is 26.6. The van der Waals surface area contributed by atoms with Crippen LogP contribution in [0.2, 0.25) is 10.0 Å². The van der Waals surface area contributed by atoms with E-state index in [1.807, 2.05) is 0 Å². The number of sulfonamides is 1. The summed E-state index contributed by atoms with van der Waals surface area (Å²) in [6, 6.07) is 2.63. The molecule has 0 heterocycles. The molecule has 1 rings (SSSR count). The highest BCUT2D eigenvalue weighted by Crippen LogP contribution is 2.22. The largest absolute Gasteiger partial charge is 0.330 e. The number of halogens is 2. The average molecular weight is 356 g/mol. The maximum Gasteiger partial charge on any atom is 0.261 e. The number of rotatable bonds is 7. The minimum absolute atomic E-state index is 0.135. The van der Waals surface area contributed by atoms with Crippen molar-refractivity contribution in [3.8, 4) is 0 Å². The van der Waals surface area contributed by atoms with Crippen molar-refractivity contribution in [1.29, 1.82) is 0 Å². The Morgan fingerprint density at radius 1 is 1.29 bits per heavy atom. The van der Waals surface area contributed by atoms with Crippen LogP contribution in [0.1, 0.15) is 12.8 Å². The van der Waals surface area contributed by atoms with E-state index in [9.17, 15) is 13.2 Å². The Balaban J connectivity index is 3.02. The van der Waals surface area contributed by atoms with Crippen LogP contribution in [0.5, 0.6) is 0 Å². The van der Waals surface area contributed by atoms with Crippen LogP contribution in [0, 0.1) is 0 Å². The normalized spacial score (nSPS) is 13.0. The summed E-state index contributed by atoms with van der Waals surface area (Å²) in [6.07, 6.45) is 0.535. The third-order valence-corrected chi connectivity index (χ3v) is 4.45. The molecule has 0 saturated carbocycles. The van der Waals surface area contributed by atoms with Gasteiger partial charge in [-0.25, -0.2) is 13.9 Å². The van der Waals surface area contributed by atoms with Gasteiger partial charge < -0.3 is 5.73 Å². The first-order valence-electron chi connectivity index (χ1n) is 5.92. The molecule has 0 fully saturated rings. The molecule has 1 aromatic carbocycles. The van der Waals surface area contributed by atoms with Crippen LogP contribution in [-0.4, -0.2) is 32.1 Å². The van der Waals surface area contributed by atoms with Gasteiger partial charge in [0.2, 0.25) is 10.0 Å². The van der Waals surface area contributed by atoms with Crippen LogP contribution < -0.4 is 15.9 Å². The van der Waals surface area contributed by atoms with E-state index >= 15 is 0 Å². The zero-order valence-electron chi connectivity index (χ0n) is 10.8. The highest BCUT2D eigenvalue weighted by atomic mass is 35.5. The molecule has 5 N–H and O–H groups in total. The maximum atomic E-state index is 12.2. The summed E-state index contributed by atoms with van der Waals surface area (Å²) in [5, 5.41) is 8.94. The molecule has 0 aliphatic carbocycles. The first kappa shape index (κ1) is 18.1. The summed E-state index contributed by atoms with van der Waals surface area (Å²) >= 11 is 11.5. The molecule has 0 saturated heterocycles. The molecule has 21 heavy (non-hydrogen) atoms. The molecule has 1 unspecified atom stereocenters. The van der Waals surface area contributed by atoms with E-state index in [0.29, 0.717) is 6.42 Å². The van der Waals surface area contributed by atoms with Crippen LogP contribution in [-0.2, 0) is 14.8 Å². The Morgan fingerprint density at radius 3 is 2.33 bits per heavy atom. The first-order chi connectivity index (χ1) is 9.80. The van der Waals surface area contributed by atoms with Crippen LogP contribution in [0.3, 0.4) is 0 Å². The minimum Gasteiger partial charge on any atom is -0.330 e. The van der Waals surface area contributed by atoms with Gasteiger partial charge in [-0.15, -0.1) is 0 Å².